The Morgan fingerprint density at radius 2 is 2.32 bits per heavy atom. The fourth-order valence-corrected chi connectivity index (χ4v) is 3.05. The summed E-state index contributed by atoms with van der Waals surface area (Å²) in [5, 5.41) is 2.86. The van der Waals surface area contributed by atoms with E-state index in [1.54, 1.807) is 7.11 Å². The van der Waals surface area contributed by atoms with E-state index in [4.69, 9.17) is 10.5 Å². The first kappa shape index (κ1) is 16.4. The first-order valence-electron chi connectivity index (χ1n) is 7.21. The van der Waals surface area contributed by atoms with Crippen LogP contribution in [0.2, 0.25) is 0 Å². The van der Waals surface area contributed by atoms with Crippen molar-refractivity contribution in [2.45, 2.75) is 38.1 Å². The van der Waals surface area contributed by atoms with Crippen molar-refractivity contribution in [1.29, 1.82) is 0 Å². The summed E-state index contributed by atoms with van der Waals surface area (Å²) in [4.78, 5) is 14.0. The smallest absolute Gasteiger partial charge is 0.234 e. The maximum Gasteiger partial charge on any atom is 0.234 e. The molecule has 0 bridgehead atoms. The normalized spacial score (nSPS) is 27.5. The molecule has 0 aromatic heterocycles. The number of rotatable bonds is 7. The van der Waals surface area contributed by atoms with E-state index in [9.17, 15) is 4.79 Å². The molecular formula is C14H29N3O2. The third-order valence-electron chi connectivity index (χ3n) is 4.27. The van der Waals surface area contributed by atoms with E-state index in [1.165, 1.54) is 12.8 Å². The Bertz CT molecular complexity index is 286. The SMILES string of the molecule is COCCNC(=O)CN(C)C1(CN)CCCC(C)C1. The van der Waals surface area contributed by atoms with Crippen molar-refractivity contribution in [2.24, 2.45) is 11.7 Å². The van der Waals surface area contributed by atoms with Crippen LogP contribution in [-0.2, 0) is 9.53 Å². The summed E-state index contributed by atoms with van der Waals surface area (Å²) < 4.78 is 4.92. The van der Waals surface area contributed by atoms with Crippen LogP contribution in [0.1, 0.15) is 32.6 Å². The maximum atomic E-state index is 11.9. The molecule has 0 saturated heterocycles. The standard InChI is InChI=1S/C14H29N3O2/c1-12-5-4-6-14(9-12,11-15)17(2)10-13(18)16-7-8-19-3/h12H,4-11,15H2,1-3H3,(H,16,18). The minimum absolute atomic E-state index is 0.00371. The van der Waals surface area contributed by atoms with Gasteiger partial charge in [0.1, 0.15) is 0 Å². The molecule has 3 N–H and O–H groups in total. The Morgan fingerprint density at radius 1 is 1.58 bits per heavy atom. The number of nitrogens with two attached hydrogens (primary N) is 1. The van der Waals surface area contributed by atoms with Gasteiger partial charge in [-0.1, -0.05) is 19.8 Å². The lowest BCUT2D eigenvalue weighted by atomic mass is 9.75. The highest BCUT2D eigenvalue weighted by molar-refractivity contribution is 5.78. The van der Waals surface area contributed by atoms with Crippen molar-refractivity contribution in [2.75, 3.05) is 40.4 Å². The van der Waals surface area contributed by atoms with Gasteiger partial charge in [-0.3, -0.25) is 9.69 Å². The highest BCUT2D eigenvalue weighted by atomic mass is 16.5. The zero-order valence-corrected chi connectivity index (χ0v) is 12.6. The number of ether oxygens (including phenoxy) is 1. The summed E-state index contributed by atoms with van der Waals surface area (Å²) in [5.74, 6) is 0.738. The molecule has 2 unspecified atom stereocenters. The zero-order valence-electron chi connectivity index (χ0n) is 12.6. The highest BCUT2D eigenvalue weighted by Gasteiger charge is 2.37. The fourth-order valence-electron chi connectivity index (χ4n) is 3.05. The summed E-state index contributed by atoms with van der Waals surface area (Å²) in [6.45, 7) is 4.42. The van der Waals surface area contributed by atoms with Crippen molar-refractivity contribution in [3.8, 4) is 0 Å². The molecule has 1 amide bonds. The van der Waals surface area contributed by atoms with E-state index in [2.05, 4.69) is 17.1 Å². The molecule has 0 heterocycles. The minimum Gasteiger partial charge on any atom is -0.383 e. The van der Waals surface area contributed by atoms with Crippen LogP contribution >= 0.6 is 0 Å². The lowest BCUT2D eigenvalue weighted by molar-refractivity contribution is -0.124. The summed E-state index contributed by atoms with van der Waals surface area (Å²) >= 11 is 0. The molecule has 0 spiro atoms. The van der Waals surface area contributed by atoms with Gasteiger partial charge in [0, 0.05) is 25.7 Å². The molecule has 1 saturated carbocycles. The van der Waals surface area contributed by atoms with E-state index >= 15 is 0 Å². The lowest BCUT2D eigenvalue weighted by Crippen LogP contribution is -2.56. The summed E-state index contributed by atoms with van der Waals surface area (Å²) in [7, 11) is 3.64. The molecule has 0 radical (unpaired) electrons. The summed E-state index contributed by atoms with van der Waals surface area (Å²) in [6, 6.07) is 0. The topological polar surface area (TPSA) is 67.6 Å². The second-order valence-electron chi connectivity index (χ2n) is 5.83. The van der Waals surface area contributed by atoms with Gasteiger partial charge in [0.05, 0.1) is 13.2 Å². The van der Waals surface area contributed by atoms with Crippen LogP contribution in [0.5, 0.6) is 0 Å². The summed E-state index contributed by atoms with van der Waals surface area (Å²) in [5.41, 5.74) is 6.00. The summed E-state index contributed by atoms with van der Waals surface area (Å²) in [6.07, 6.45) is 4.66. The Kier molecular flexibility index (Phi) is 6.75. The first-order chi connectivity index (χ1) is 9.04. The van der Waals surface area contributed by atoms with Gasteiger partial charge in [0.2, 0.25) is 5.91 Å². The minimum atomic E-state index is -0.00371. The average molecular weight is 271 g/mol. The van der Waals surface area contributed by atoms with Crippen molar-refractivity contribution >= 4 is 5.91 Å². The number of carbonyl (C=O) groups excluding carboxylic acids is 1. The molecule has 1 rings (SSSR count). The molecule has 1 aliphatic rings. The van der Waals surface area contributed by atoms with Crippen LogP contribution in [0, 0.1) is 5.92 Å². The van der Waals surface area contributed by atoms with Gasteiger partial charge < -0.3 is 15.8 Å². The molecule has 0 aromatic carbocycles. The number of hydrogen-bond acceptors (Lipinski definition) is 4. The van der Waals surface area contributed by atoms with Crippen molar-refractivity contribution in [3.63, 3.8) is 0 Å². The molecule has 1 aliphatic carbocycles. The van der Waals surface area contributed by atoms with Crippen molar-refractivity contribution in [3.05, 3.63) is 0 Å². The third kappa shape index (κ3) is 4.75. The zero-order chi connectivity index (χ0) is 14.3. The molecule has 5 nitrogen and oxygen atoms in total. The molecule has 19 heavy (non-hydrogen) atoms. The lowest BCUT2D eigenvalue weighted by Gasteiger charge is -2.45. The van der Waals surface area contributed by atoms with E-state index in [-0.39, 0.29) is 11.4 Å². The van der Waals surface area contributed by atoms with E-state index in [0.717, 1.165) is 12.8 Å². The Labute approximate surface area is 116 Å². The van der Waals surface area contributed by atoms with Gasteiger partial charge in [-0.15, -0.1) is 0 Å². The molecular weight excluding hydrogens is 242 g/mol. The van der Waals surface area contributed by atoms with Crippen LogP contribution in [0.25, 0.3) is 0 Å². The predicted molar refractivity (Wildman–Crippen MR) is 76.9 cm³/mol. The van der Waals surface area contributed by atoms with Gasteiger partial charge in [-0.2, -0.15) is 0 Å². The third-order valence-corrected chi connectivity index (χ3v) is 4.27. The monoisotopic (exact) mass is 271 g/mol. The molecule has 5 heteroatoms. The number of nitrogens with one attached hydrogen (secondary N) is 1. The van der Waals surface area contributed by atoms with Crippen LogP contribution < -0.4 is 11.1 Å². The number of carbonyl (C=O) groups is 1. The molecule has 0 aliphatic heterocycles. The predicted octanol–water partition coefficient (Wildman–Crippen LogP) is 0.588. The van der Waals surface area contributed by atoms with E-state index in [0.29, 0.717) is 32.2 Å². The van der Waals surface area contributed by atoms with Gasteiger partial charge in [0.25, 0.3) is 0 Å². The van der Waals surface area contributed by atoms with Gasteiger partial charge in [0.15, 0.2) is 0 Å². The number of methoxy groups -OCH3 is 1. The van der Waals surface area contributed by atoms with Gasteiger partial charge >= 0.3 is 0 Å². The van der Waals surface area contributed by atoms with Crippen LogP contribution in [0.15, 0.2) is 0 Å². The molecule has 2 atom stereocenters. The number of hydrogen-bond donors (Lipinski definition) is 2. The number of amides is 1. The van der Waals surface area contributed by atoms with Gasteiger partial charge in [-0.25, -0.2) is 0 Å². The van der Waals surface area contributed by atoms with Crippen LogP contribution in [0.4, 0.5) is 0 Å². The fraction of sp³-hybridized carbons (Fsp3) is 0.929. The second-order valence-corrected chi connectivity index (χ2v) is 5.83. The van der Waals surface area contributed by atoms with E-state index in [1.807, 2.05) is 7.05 Å². The Hall–Kier alpha value is -0.650. The largest absolute Gasteiger partial charge is 0.383 e. The second kappa shape index (κ2) is 7.82. The molecule has 0 aromatic rings. The number of likely N-dealkylation sites (N-methyl/N-ethyl adjacent to an activating group) is 1. The molecule has 1 fully saturated rings. The average Bonchev–Trinajstić information content (AvgIpc) is 2.38. The highest BCUT2D eigenvalue weighted by Crippen LogP contribution is 2.35. The van der Waals surface area contributed by atoms with Crippen LogP contribution in [-0.4, -0.2) is 56.7 Å². The van der Waals surface area contributed by atoms with Crippen LogP contribution in [0.3, 0.4) is 0 Å². The maximum absolute atomic E-state index is 11.9. The van der Waals surface area contributed by atoms with E-state index < -0.39 is 0 Å². The van der Waals surface area contributed by atoms with Crippen molar-refractivity contribution < 1.29 is 9.53 Å². The van der Waals surface area contributed by atoms with Crippen molar-refractivity contribution in [1.82, 2.24) is 10.2 Å². The quantitative estimate of drug-likeness (QED) is 0.665. The number of nitrogens with zero attached hydrogens (tertiary/aromatic N) is 1. The van der Waals surface area contributed by atoms with Gasteiger partial charge in [-0.05, 0) is 25.8 Å². The Morgan fingerprint density at radius 3 is 2.89 bits per heavy atom. The molecule has 112 valence electrons. The Balaban J connectivity index is 2.49. The first-order valence-corrected chi connectivity index (χ1v) is 7.21.